The number of ether oxygens (including phenoxy) is 1. The quantitative estimate of drug-likeness (QED) is 0.674. The number of fused-ring (bicyclic) bond motifs is 2. The summed E-state index contributed by atoms with van der Waals surface area (Å²) in [5, 5.41) is 11.0. The summed E-state index contributed by atoms with van der Waals surface area (Å²) in [7, 11) is 0. The molecule has 1 N–H and O–H groups in total. The van der Waals surface area contributed by atoms with E-state index in [0.29, 0.717) is 44.2 Å². The lowest BCUT2D eigenvalue weighted by atomic mass is 9.89. The molecule has 0 spiro atoms. The number of alkyl halides is 3. The highest BCUT2D eigenvalue weighted by atomic mass is 19.4. The molecule has 1 aliphatic carbocycles. The van der Waals surface area contributed by atoms with E-state index >= 15 is 0 Å². The van der Waals surface area contributed by atoms with Crippen LogP contribution in [-0.2, 0) is 28.9 Å². The van der Waals surface area contributed by atoms with Gasteiger partial charge in [-0.05, 0) is 61.6 Å². The van der Waals surface area contributed by atoms with Gasteiger partial charge in [-0.3, -0.25) is 9.59 Å². The standard InChI is InChI=1S/C25H30F3N5O3/c26-25(27,28)36-20-5-1-16(2-6-20)3-8-23(34)32-11-9-18-14-33(15-19(18)10-12-32)24(35)17-4-7-21-22(13-17)30-31-29-21/h1-2,5-6,17-19H,3-4,7-15H2,(H,29,30,31)/t17-,18-,19+/m1/s1. The van der Waals surface area contributed by atoms with Crippen LogP contribution < -0.4 is 4.74 Å². The molecule has 2 aliphatic heterocycles. The van der Waals surface area contributed by atoms with Gasteiger partial charge in [0.05, 0.1) is 11.4 Å². The van der Waals surface area contributed by atoms with E-state index in [1.807, 2.05) is 9.80 Å². The second-order valence-electron chi connectivity index (χ2n) is 10.1. The third kappa shape index (κ3) is 5.65. The van der Waals surface area contributed by atoms with E-state index in [4.69, 9.17) is 0 Å². The van der Waals surface area contributed by atoms with Crippen LogP contribution in [0.5, 0.6) is 5.75 Å². The number of hydrogen-bond donors (Lipinski definition) is 1. The fraction of sp³-hybridized carbons (Fsp3) is 0.600. The maximum Gasteiger partial charge on any atom is 0.573 e. The second-order valence-corrected chi connectivity index (χ2v) is 10.1. The largest absolute Gasteiger partial charge is 0.573 e. The zero-order valence-electron chi connectivity index (χ0n) is 20.0. The summed E-state index contributed by atoms with van der Waals surface area (Å²) in [6, 6.07) is 5.65. The summed E-state index contributed by atoms with van der Waals surface area (Å²) >= 11 is 0. The minimum absolute atomic E-state index is 0.0305. The first kappa shape index (κ1) is 24.6. The van der Waals surface area contributed by atoms with E-state index < -0.39 is 6.36 Å². The Labute approximate surface area is 207 Å². The molecule has 3 aliphatic rings. The molecule has 5 rings (SSSR count). The molecule has 2 saturated heterocycles. The first-order valence-electron chi connectivity index (χ1n) is 12.5. The predicted octanol–water partition coefficient (Wildman–Crippen LogP) is 3.14. The lowest BCUT2D eigenvalue weighted by Gasteiger charge is -2.26. The Morgan fingerprint density at radius 3 is 2.31 bits per heavy atom. The number of carbonyl (C=O) groups is 2. The molecule has 36 heavy (non-hydrogen) atoms. The van der Waals surface area contributed by atoms with Crippen molar-refractivity contribution in [3.63, 3.8) is 0 Å². The Balaban J connectivity index is 1.08. The number of benzene rings is 1. The first-order chi connectivity index (χ1) is 17.2. The number of halogens is 3. The molecule has 2 aromatic rings. The fourth-order valence-electron chi connectivity index (χ4n) is 5.80. The number of aromatic amines is 1. The van der Waals surface area contributed by atoms with Crippen LogP contribution in [0, 0.1) is 17.8 Å². The highest BCUT2D eigenvalue weighted by Crippen LogP contribution is 2.34. The summed E-state index contributed by atoms with van der Waals surface area (Å²) in [6.45, 7) is 2.85. The van der Waals surface area contributed by atoms with E-state index in [1.54, 1.807) is 12.1 Å². The average Bonchev–Trinajstić information content (AvgIpc) is 3.44. The Morgan fingerprint density at radius 1 is 0.972 bits per heavy atom. The normalized spacial score (nSPS) is 24.1. The van der Waals surface area contributed by atoms with Crippen molar-refractivity contribution in [2.24, 2.45) is 17.8 Å². The van der Waals surface area contributed by atoms with E-state index in [9.17, 15) is 22.8 Å². The van der Waals surface area contributed by atoms with Crippen LogP contribution in [0.25, 0.3) is 0 Å². The van der Waals surface area contributed by atoms with Gasteiger partial charge in [0.1, 0.15) is 5.75 Å². The number of hydrogen-bond acceptors (Lipinski definition) is 5. The van der Waals surface area contributed by atoms with Gasteiger partial charge in [-0.2, -0.15) is 15.4 Å². The highest BCUT2D eigenvalue weighted by Gasteiger charge is 2.40. The van der Waals surface area contributed by atoms with Crippen molar-refractivity contribution in [2.45, 2.75) is 51.3 Å². The lowest BCUT2D eigenvalue weighted by Crippen LogP contribution is -2.38. The van der Waals surface area contributed by atoms with Crippen molar-refractivity contribution in [3.8, 4) is 5.75 Å². The summed E-state index contributed by atoms with van der Waals surface area (Å²) in [4.78, 5) is 29.9. The van der Waals surface area contributed by atoms with Gasteiger partial charge in [0.15, 0.2) is 0 Å². The smallest absolute Gasteiger partial charge is 0.406 e. The van der Waals surface area contributed by atoms with Crippen LogP contribution >= 0.6 is 0 Å². The average molecular weight is 506 g/mol. The van der Waals surface area contributed by atoms with Crippen molar-refractivity contribution >= 4 is 11.8 Å². The maximum absolute atomic E-state index is 13.2. The molecule has 194 valence electrons. The molecule has 8 nitrogen and oxygen atoms in total. The Hall–Kier alpha value is -3.11. The number of H-pyrrole nitrogens is 1. The number of likely N-dealkylation sites (tertiary alicyclic amines) is 2. The molecule has 0 bridgehead atoms. The first-order valence-corrected chi connectivity index (χ1v) is 12.5. The summed E-state index contributed by atoms with van der Waals surface area (Å²) in [5.74, 6) is 0.784. The van der Waals surface area contributed by atoms with Crippen LogP contribution in [-0.4, -0.2) is 69.6 Å². The van der Waals surface area contributed by atoms with Crippen molar-refractivity contribution < 1.29 is 27.5 Å². The molecular formula is C25H30F3N5O3. The topological polar surface area (TPSA) is 91.4 Å². The SMILES string of the molecule is O=C(CCc1ccc(OC(F)(F)F)cc1)N1CC[C@@H]2CN(C(=O)[C@@H]3CCc4n[nH]nc4C3)C[C@@H]2CC1. The summed E-state index contributed by atoms with van der Waals surface area (Å²) in [5.41, 5.74) is 2.68. The van der Waals surface area contributed by atoms with Crippen LogP contribution in [0.15, 0.2) is 24.3 Å². The van der Waals surface area contributed by atoms with Gasteiger partial charge in [0.25, 0.3) is 0 Å². The second kappa shape index (κ2) is 10.1. The number of amides is 2. The maximum atomic E-state index is 13.2. The highest BCUT2D eigenvalue weighted by molar-refractivity contribution is 5.80. The fourth-order valence-corrected chi connectivity index (χ4v) is 5.80. The molecule has 3 atom stereocenters. The zero-order chi connectivity index (χ0) is 25.3. The van der Waals surface area contributed by atoms with Gasteiger partial charge in [-0.25, -0.2) is 0 Å². The van der Waals surface area contributed by atoms with Gasteiger partial charge in [-0.15, -0.1) is 13.2 Å². The number of nitrogens with one attached hydrogen (secondary N) is 1. The van der Waals surface area contributed by atoms with Gasteiger partial charge in [0, 0.05) is 44.9 Å². The van der Waals surface area contributed by atoms with E-state index in [-0.39, 0.29) is 23.5 Å². The number of aryl methyl sites for hydroxylation is 2. The Morgan fingerprint density at radius 2 is 1.64 bits per heavy atom. The van der Waals surface area contributed by atoms with E-state index in [2.05, 4.69) is 20.1 Å². The molecule has 2 amide bonds. The van der Waals surface area contributed by atoms with Crippen molar-refractivity contribution in [2.75, 3.05) is 26.2 Å². The van der Waals surface area contributed by atoms with Crippen LogP contribution in [0.1, 0.15) is 42.6 Å². The van der Waals surface area contributed by atoms with Crippen molar-refractivity contribution in [3.05, 3.63) is 41.2 Å². The molecule has 11 heteroatoms. The molecular weight excluding hydrogens is 475 g/mol. The molecule has 0 radical (unpaired) electrons. The zero-order valence-corrected chi connectivity index (χ0v) is 20.0. The number of rotatable bonds is 5. The van der Waals surface area contributed by atoms with Gasteiger partial charge >= 0.3 is 6.36 Å². The minimum Gasteiger partial charge on any atom is -0.406 e. The number of aromatic nitrogens is 3. The van der Waals surface area contributed by atoms with Crippen molar-refractivity contribution in [1.29, 1.82) is 0 Å². The minimum atomic E-state index is -4.72. The predicted molar refractivity (Wildman–Crippen MR) is 123 cm³/mol. The monoisotopic (exact) mass is 505 g/mol. The molecule has 1 aromatic heterocycles. The molecule has 2 fully saturated rings. The third-order valence-corrected chi connectivity index (χ3v) is 7.79. The third-order valence-electron chi connectivity index (χ3n) is 7.79. The van der Waals surface area contributed by atoms with Crippen molar-refractivity contribution in [1.82, 2.24) is 25.2 Å². The Kier molecular flexibility index (Phi) is 6.90. The van der Waals surface area contributed by atoms with E-state index in [0.717, 1.165) is 55.7 Å². The van der Waals surface area contributed by atoms with Gasteiger partial charge < -0.3 is 14.5 Å². The van der Waals surface area contributed by atoms with E-state index in [1.165, 1.54) is 12.1 Å². The van der Waals surface area contributed by atoms with Gasteiger partial charge in [-0.1, -0.05) is 12.1 Å². The molecule has 0 saturated carbocycles. The van der Waals surface area contributed by atoms with Crippen LogP contribution in [0.2, 0.25) is 0 Å². The summed E-state index contributed by atoms with van der Waals surface area (Å²) in [6.07, 6.45) is 0.0531. The molecule has 0 unspecified atom stereocenters. The Bertz CT molecular complexity index is 1070. The summed E-state index contributed by atoms with van der Waals surface area (Å²) < 4.78 is 40.8. The molecule has 3 heterocycles. The van der Waals surface area contributed by atoms with Gasteiger partial charge in [0.2, 0.25) is 11.8 Å². The van der Waals surface area contributed by atoms with Crippen LogP contribution in [0.3, 0.4) is 0 Å². The number of nitrogens with zero attached hydrogens (tertiary/aromatic N) is 4. The lowest BCUT2D eigenvalue weighted by molar-refractivity contribution is -0.274. The molecule has 1 aromatic carbocycles. The van der Waals surface area contributed by atoms with Crippen LogP contribution in [0.4, 0.5) is 13.2 Å². The number of carbonyl (C=O) groups excluding carboxylic acids is 2.